The fourth-order valence-corrected chi connectivity index (χ4v) is 4.06. The Balaban J connectivity index is 0.00000141. The van der Waals surface area contributed by atoms with Gasteiger partial charge in [-0.05, 0) is 6.92 Å². The van der Waals surface area contributed by atoms with Crippen molar-refractivity contribution >= 4 is 43.2 Å². The molecule has 0 saturated carbocycles. The zero-order chi connectivity index (χ0) is 22.4. The molecular formula is C22H25NO6Se. The van der Waals surface area contributed by atoms with Crippen LogP contribution in [0.5, 0.6) is 0 Å². The van der Waals surface area contributed by atoms with Crippen molar-refractivity contribution in [3.8, 4) is 0 Å². The van der Waals surface area contributed by atoms with E-state index in [2.05, 4.69) is 16.1 Å². The van der Waals surface area contributed by atoms with Crippen LogP contribution in [0, 0.1) is 0 Å². The van der Waals surface area contributed by atoms with E-state index in [1.165, 1.54) is 14.0 Å². The van der Waals surface area contributed by atoms with Crippen LogP contribution in [0.1, 0.15) is 30.6 Å². The summed E-state index contributed by atoms with van der Waals surface area (Å²) in [6.45, 7) is 2.86. The van der Waals surface area contributed by atoms with E-state index in [0.717, 1.165) is 15.2 Å². The van der Waals surface area contributed by atoms with Crippen LogP contribution in [0.4, 0.5) is 0 Å². The predicted molar refractivity (Wildman–Crippen MR) is 116 cm³/mol. The van der Waals surface area contributed by atoms with E-state index in [9.17, 15) is 9.59 Å². The van der Waals surface area contributed by atoms with E-state index < -0.39 is 5.97 Å². The van der Waals surface area contributed by atoms with E-state index in [0.29, 0.717) is 23.3 Å². The van der Waals surface area contributed by atoms with Crippen molar-refractivity contribution in [1.29, 1.82) is 0 Å². The van der Waals surface area contributed by atoms with Crippen molar-refractivity contribution in [2.24, 2.45) is 5.16 Å². The maximum atomic E-state index is 12.2. The van der Waals surface area contributed by atoms with Crippen molar-refractivity contribution in [1.82, 2.24) is 0 Å². The number of aliphatic hydroxyl groups excluding tert-OH is 1. The third-order valence-electron chi connectivity index (χ3n) is 3.55. The summed E-state index contributed by atoms with van der Waals surface area (Å²) in [4.78, 5) is 37.5. The number of ketones is 1. The second-order valence-corrected chi connectivity index (χ2v) is 8.15. The summed E-state index contributed by atoms with van der Waals surface area (Å²) in [5, 5.41) is 12.4. The summed E-state index contributed by atoms with van der Waals surface area (Å²) in [6.07, 6.45) is 8.91. The summed E-state index contributed by atoms with van der Waals surface area (Å²) in [5.74, 6) is -0.599. The number of carbonyl (C=O) groups is 3. The normalized spacial score (nSPS) is 13.1. The van der Waals surface area contributed by atoms with Crippen LogP contribution in [0.15, 0.2) is 63.8 Å². The van der Waals surface area contributed by atoms with Crippen LogP contribution in [-0.2, 0) is 19.2 Å². The molecule has 8 heteroatoms. The minimum absolute atomic E-state index is 0.00608. The second kappa shape index (κ2) is 14.2. The predicted octanol–water partition coefficient (Wildman–Crippen LogP) is 1.73. The molecule has 0 fully saturated rings. The molecule has 0 atom stereocenters. The van der Waals surface area contributed by atoms with Crippen molar-refractivity contribution < 1.29 is 29.1 Å². The van der Waals surface area contributed by atoms with Crippen LogP contribution in [0.3, 0.4) is 0 Å². The van der Waals surface area contributed by atoms with Crippen LogP contribution in [-0.4, -0.2) is 64.1 Å². The van der Waals surface area contributed by atoms with Gasteiger partial charge in [-0.25, -0.2) is 0 Å². The molecule has 0 bridgehead atoms. The number of hydrogen-bond acceptors (Lipinski definition) is 7. The standard InChI is InChI=1S/C20H21NO5Se.C2H4O/c1-14(21-25-2)19(23)15-6-9-18(10-7-15)27-17-5-3-4-16(8-11-17)20(24)26-13-12-22;1-2-3/h4-11,22H,3,12-13H2,1-2H3;2H,1H3/b21-14+;. The molecule has 0 unspecified atom stereocenters. The van der Waals surface area contributed by atoms with Crippen molar-refractivity contribution in [2.45, 2.75) is 20.3 Å². The van der Waals surface area contributed by atoms with Gasteiger partial charge in [-0.1, -0.05) is 0 Å². The first kappa shape index (κ1) is 25.2. The number of nitrogens with zero attached hydrogens (tertiary/aromatic N) is 1. The molecule has 2 rings (SSSR count). The first-order valence-corrected chi connectivity index (χ1v) is 10.8. The van der Waals surface area contributed by atoms with Gasteiger partial charge in [0.25, 0.3) is 0 Å². The molecular weight excluding hydrogens is 453 g/mol. The van der Waals surface area contributed by atoms with Gasteiger partial charge in [0.15, 0.2) is 0 Å². The van der Waals surface area contributed by atoms with Crippen LogP contribution in [0.2, 0.25) is 0 Å². The number of aldehydes is 1. The molecule has 1 aromatic rings. The zero-order valence-corrected chi connectivity index (χ0v) is 18.9. The van der Waals surface area contributed by atoms with E-state index in [4.69, 9.17) is 14.6 Å². The molecule has 0 heterocycles. The summed E-state index contributed by atoms with van der Waals surface area (Å²) in [7, 11) is 1.41. The SMILES string of the molecule is CC=O.CO/N=C(\C)C(=O)c1ccc([Se]C2=CCC=C(C(=O)OCCO)C=C2)cc1. The number of carbonyl (C=O) groups excluding carboxylic acids is 3. The topological polar surface area (TPSA) is 102 Å². The number of rotatable bonds is 8. The van der Waals surface area contributed by atoms with Gasteiger partial charge in [0, 0.05) is 0 Å². The first-order chi connectivity index (χ1) is 14.5. The Hall–Kier alpha value is -2.80. The van der Waals surface area contributed by atoms with Gasteiger partial charge >= 0.3 is 164 Å². The van der Waals surface area contributed by atoms with Gasteiger partial charge in [0.2, 0.25) is 0 Å². The molecule has 1 aromatic carbocycles. The first-order valence-electron chi connectivity index (χ1n) is 9.13. The fourth-order valence-electron chi connectivity index (χ4n) is 2.26. The quantitative estimate of drug-likeness (QED) is 0.153. The molecule has 1 N–H and O–H groups in total. The Bertz CT molecular complexity index is 853. The Morgan fingerprint density at radius 2 is 1.87 bits per heavy atom. The van der Waals surface area contributed by atoms with E-state index in [1.807, 2.05) is 18.2 Å². The van der Waals surface area contributed by atoms with Gasteiger partial charge in [0.1, 0.15) is 6.29 Å². The molecule has 160 valence electrons. The Labute approximate surface area is 182 Å². The van der Waals surface area contributed by atoms with Crippen molar-refractivity contribution in [2.75, 3.05) is 20.3 Å². The number of Topliss-reactive ketones (excluding diaryl/α,β-unsaturated/α-hetero) is 1. The number of ether oxygens (including phenoxy) is 1. The molecule has 0 amide bonds. The monoisotopic (exact) mass is 479 g/mol. The van der Waals surface area contributed by atoms with E-state index in [1.54, 1.807) is 31.2 Å². The van der Waals surface area contributed by atoms with E-state index in [-0.39, 0.29) is 34.0 Å². The summed E-state index contributed by atoms with van der Waals surface area (Å²) in [6, 6.07) is 7.42. The Kier molecular flexibility index (Phi) is 12.0. The van der Waals surface area contributed by atoms with Crippen LogP contribution >= 0.6 is 0 Å². The molecule has 1 aliphatic rings. The number of esters is 1. The third kappa shape index (κ3) is 8.69. The molecule has 1 aliphatic carbocycles. The average molecular weight is 478 g/mol. The molecule has 30 heavy (non-hydrogen) atoms. The fraction of sp³-hybridized carbons (Fsp3) is 0.273. The van der Waals surface area contributed by atoms with Crippen LogP contribution < -0.4 is 4.46 Å². The summed E-state index contributed by atoms with van der Waals surface area (Å²) < 4.78 is 7.17. The van der Waals surface area contributed by atoms with Crippen molar-refractivity contribution in [3.63, 3.8) is 0 Å². The number of allylic oxidation sites excluding steroid dienone is 4. The molecule has 0 aliphatic heterocycles. The van der Waals surface area contributed by atoms with Gasteiger partial charge in [0.05, 0.1) is 0 Å². The van der Waals surface area contributed by atoms with Gasteiger partial charge in [-0.15, -0.1) is 0 Å². The summed E-state index contributed by atoms with van der Waals surface area (Å²) in [5.41, 5.74) is 1.35. The van der Waals surface area contributed by atoms with E-state index >= 15 is 0 Å². The Morgan fingerprint density at radius 3 is 2.47 bits per heavy atom. The maximum absolute atomic E-state index is 12.2. The van der Waals surface area contributed by atoms with Crippen molar-refractivity contribution in [3.05, 3.63) is 64.2 Å². The van der Waals surface area contributed by atoms with Gasteiger partial charge < -0.3 is 4.79 Å². The van der Waals surface area contributed by atoms with Gasteiger partial charge in [-0.2, -0.15) is 0 Å². The minimum atomic E-state index is -0.432. The number of oxime groups is 1. The molecule has 0 spiro atoms. The second-order valence-electron chi connectivity index (χ2n) is 5.75. The average Bonchev–Trinajstić information content (AvgIpc) is 2.98. The molecule has 7 nitrogen and oxygen atoms in total. The number of hydrogen-bond donors (Lipinski definition) is 1. The molecule has 0 radical (unpaired) electrons. The number of aliphatic hydroxyl groups is 1. The molecule has 0 aromatic heterocycles. The molecule has 0 saturated heterocycles. The van der Waals surface area contributed by atoms with Gasteiger partial charge in [-0.3, -0.25) is 0 Å². The summed E-state index contributed by atoms with van der Waals surface area (Å²) >= 11 is 0.0477. The number of benzene rings is 1. The van der Waals surface area contributed by atoms with Crippen LogP contribution in [0.25, 0.3) is 0 Å². The zero-order valence-electron chi connectivity index (χ0n) is 17.2. The third-order valence-corrected chi connectivity index (χ3v) is 5.75. The Morgan fingerprint density at radius 1 is 1.20 bits per heavy atom.